The second-order valence-corrected chi connectivity index (χ2v) is 3.93. The van der Waals surface area contributed by atoms with Gasteiger partial charge in [0.1, 0.15) is 17.0 Å². The number of hydrogen-bond acceptors (Lipinski definition) is 3. The summed E-state index contributed by atoms with van der Waals surface area (Å²) in [6.07, 6.45) is 0. The summed E-state index contributed by atoms with van der Waals surface area (Å²) < 4.78 is 1.25. The van der Waals surface area contributed by atoms with E-state index >= 15 is 0 Å². The number of para-hydroxylation sites is 3. The van der Waals surface area contributed by atoms with Gasteiger partial charge < -0.3 is 15.2 Å². The summed E-state index contributed by atoms with van der Waals surface area (Å²) in [5.41, 5.74) is 0.788. The van der Waals surface area contributed by atoms with E-state index in [0.29, 0.717) is 16.7 Å². The molecule has 5 nitrogen and oxygen atoms in total. The third-order valence-electron chi connectivity index (χ3n) is 2.81. The Morgan fingerprint density at radius 2 is 1.67 bits per heavy atom. The molecule has 0 spiro atoms. The molecule has 5 heteroatoms. The average molecular weight is 242 g/mol. The molecule has 0 saturated carbocycles. The Kier molecular flexibility index (Phi) is 2.13. The first-order valence-corrected chi connectivity index (χ1v) is 5.39. The van der Waals surface area contributed by atoms with Crippen molar-refractivity contribution in [3.05, 3.63) is 52.9 Å². The molecule has 0 aliphatic heterocycles. The molecule has 0 amide bonds. The van der Waals surface area contributed by atoms with Crippen molar-refractivity contribution in [1.29, 1.82) is 0 Å². The summed E-state index contributed by atoms with van der Waals surface area (Å²) in [5.74, 6) is -0.0437. The lowest BCUT2D eigenvalue weighted by Crippen LogP contribution is -2.14. The quantitative estimate of drug-likeness (QED) is 0.608. The van der Waals surface area contributed by atoms with Gasteiger partial charge >= 0.3 is 5.69 Å². The number of nitrogens with zero attached hydrogens (tertiary/aromatic N) is 1. The molecule has 3 rings (SSSR count). The van der Waals surface area contributed by atoms with Gasteiger partial charge in [0.05, 0.1) is 11.2 Å². The number of imidazole rings is 1. The second-order valence-electron chi connectivity index (χ2n) is 3.93. The smallest absolute Gasteiger partial charge is 0.331 e. The minimum absolute atomic E-state index is 0.0193. The largest absolute Gasteiger partial charge is 0.506 e. The molecule has 1 aromatic heterocycles. The van der Waals surface area contributed by atoms with Crippen LogP contribution in [0, 0.1) is 0 Å². The molecule has 0 bridgehead atoms. The first kappa shape index (κ1) is 10.5. The van der Waals surface area contributed by atoms with E-state index < -0.39 is 5.69 Å². The van der Waals surface area contributed by atoms with Crippen LogP contribution in [0.4, 0.5) is 0 Å². The molecule has 0 radical (unpaired) electrons. The number of aromatic hydroxyl groups is 2. The van der Waals surface area contributed by atoms with E-state index in [2.05, 4.69) is 4.98 Å². The van der Waals surface area contributed by atoms with Crippen molar-refractivity contribution in [3.63, 3.8) is 0 Å². The Bertz CT molecular complexity index is 786. The number of aromatic amines is 1. The second kappa shape index (κ2) is 3.66. The van der Waals surface area contributed by atoms with Crippen molar-refractivity contribution in [1.82, 2.24) is 9.55 Å². The highest BCUT2D eigenvalue weighted by Gasteiger charge is 2.14. The highest BCUT2D eigenvalue weighted by atomic mass is 16.3. The molecule has 0 atom stereocenters. The van der Waals surface area contributed by atoms with E-state index in [1.54, 1.807) is 30.3 Å². The van der Waals surface area contributed by atoms with E-state index in [4.69, 9.17) is 0 Å². The Labute approximate surface area is 102 Å². The van der Waals surface area contributed by atoms with Gasteiger partial charge in [0, 0.05) is 0 Å². The van der Waals surface area contributed by atoms with Crippen LogP contribution < -0.4 is 5.69 Å². The van der Waals surface area contributed by atoms with Gasteiger partial charge in [-0.05, 0) is 24.3 Å². The molecule has 1 heterocycles. The molecule has 3 aromatic rings. The fourth-order valence-electron chi connectivity index (χ4n) is 2.02. The number of aromatic nitrogens is 2. The number of nitrogens with one attached hydrogen (secondary N) is 1. The number of phenolic OH excluding ortho intramolecular Hbond substituents is 2. The van der Waals surface area contributed by atoms with Crippen LogP contribution in [0.25, 0.3) is 16.7 Å². The van der Waals surface area contributed by atoms with Crippen molar-refractivity contribution >= 4 is 11.0 Å². The fraction of sp³-hybridized carbons (Fsp3) is 0. The minimum Gasteiger partial charge on any atom is -0.506 e. The third kappa shape index (κ3) is 1.37. The average Bonchev–Trinajstić information content (AvgIpc) is 2.68. The summed E-state index contributed by atoms with van der Waals surface area (Å²) in [5, 5.41) is 19.7. The predicted octanol–water partition coefficient (Wildman–Crippen LogP) is 1.73. The molecule has 18 heavy (non-hydrogen) atoms. The van der Waals surface area contributed by atoms with Gasteiger partial charge in [-0.25, -0.2) is 4.79 Å². The summed E-state index contributed by atoms with van der Waals surface area (Å²) in [4.78, 5) is 14.6. The zero-order valence-corrected chi connectivity index (χ0v) is 9.29. The highest BCUT2D eigenvalue weighted by molar-refractivity contribution is 5.83. The molecule has 0 unspecified atom stereocenters. The number of rotatable bonds is 1. The lowest BCUT2D eigenvalue weighted by Gasteiger charge is -2.06. The van der Waals surface area contributed by atoms with E-state index in [-0.39, 0.29) is 11.5 Å². The van der Waals surface area contributed by atoms with Gasteiger partial charge in [0.2, 0.25) is 0 Å². The summed E-state index contributed by atoms with van der Waals surface area (Å²) in [6.45, 7) is 0. The summed E-state index contributed by atoms with van der Waals surface area (Å²) in [7, 11) is 0. The van der Waals surface area contributed by atoms with Crippen molar-refractivity contribution in [2.24, 2.45) is 0 Å². The van der Waals surface area contributed by atoms with Crippen molar-refractivity contribution in [2.45, 2.75) is 0 Å². The molecule has 3 N–H and O–H groups in total. The lowest BCUT2D eigenvalue weighted by atomic mass is 10.2. The fourth-order valence-corrected chi connectivity index (χ4v) is 2.02. The van der Waals surface area contributed by atoms with Gasteiger partial charge in [-0.15, -0.1) is 0 Å². The SMILES string of the molecule is O=c1[nH]c2cccc(O)c2n1-c1ccccc1O. The molecule has 90 valence electrons. The van der Waals surface area contributed by atoms with Gasteiger partial charge in [-0.2, -0.15) is 0 Å². The van der Waals surface area contributed by atoms with Crippen molar-refractivity contribution in [2.75, 3.05) is 0 Å². The van der Waals surface area contributed by atoms with Crippen molar-refractivity contribution < 1.29 is 10.2 Å². The first-order valence-electron chi connectivity index (χ1n) is 5.39. The number of H-pyrrole nitrogens is 1. The maximum atomic E-state index is 11.9. The van der Waals surface area contributed by atoms with Crippen LogP contribution in [0.5, 0.6) is 11.5 Å². The van der Waals surface area contributed by atoms with Crippen LogP contribution in [0.2, 0.25) is 0 Å². The number of hydrogen-bond donors (Lipinski definition) is 3. The minimum atomic E-state index is -0.409. The maximum Gasteiger partial charge on any atom is 0.331 e. The predicted molar refractivity (Wildman–Crippen MR) is 67.2 cm³/mol. The molecule has 2 aromatic carbocycles. The molecular weight excluding hydrogens is 232 g/mol. The monoisotopic (exact) mass is 242 g/mol. The summed E-state index contributed by atoms with van der Waals surface area (Å²) >= 11 is 0. The standard InChI is InChI=1S/C13H10N2O3/c16-10-6-2-1-5-9(10)15-12-8(14-13(15)18)4-3-7-11(12)17/h1-7,16-17H,(H,14,18). The summed E-state index contributed by atoms with van der Waals surface area (Å²) in [6, 6.07) is 11.3. The van der Waals surface area contributed by atoms with E-state index in [1.807, 2.05) is 0 Å². The molecule has 0 saturated heterocycles. The lowest BCUT2D eigenvalue weighted by molar-refractivity contribution is 0.470. The first-order chi connectivity index (χ1) is 8.68. The van der Waals surface area contributed by atoms with Gasteiger partial charge in [-0.3, -0.25) is 4.57 Å². The zero-order chi connectivity index (χ0) is 12.7. The van der Waals surface area contributed by atoms with Crippen molar-refractivity contribution in [3.8, 4) is 17.2 Å². The Balaban J connectivity index is 2.47. The Morgan fingerprint density at radius 3 is 2.44 bits per heavy atom. The number of phenols is 2. The maximum absolute atomic E-state index is 11.9. The van der Waals surface area contributed by atoms with Crippen LogP contribution in [-0.4, -0.2) is 19.8 Å². The number of fused-ring (bicyclic) bond motifs is 1. The normalized spacial score (nSPS) is 10.9. The highest BCUT2D eigenvalue weighted by Crippen LogP contribution is 2.27. The third-order valence-corrected chi connectivity index (χ3v) is 2.81. The molecular formula is C13H10N2O3. The van der Waals surface area contributed by atoms with Gasteiger partial charge in [0.25, 0.3) is 0 Å². The molecule has 0 fully saturated rings. The number of benzene rings is 2. The Morgan fingerprint density at radius 1 is 0.944 bits per heavy atom. The van der Waals surface area contributed by atoms with Gasteiger partial charge in [-0.1, -0.05) is 18.2 Å². The zero-order valence-electron chi connectivity index (χ0n) is 9.29. The Hall–Kier alpha value is -2.69. The van der Waals surface area contributed by atoms with Crippen LogP contribution >= 0.6 is 0 Å². The molecule has 0 aliphatic carbocycles. The van der Waals surface area contributed by atoms with Gasteiger partial charge in [0.15, 0.2) is 0 Å². The topological polar surface area (TPSA) is 78.2 Å². The van der Waals surface area contributed by atoms with Crippen LogP contribution in [-0.2, 0) is 0 Å². The van der Waals surface area contributed by atoms with E-state index in [9.17, 15) is 15.0 Å². The van der Waals surface area contributed by atoms with E-state index in [1.165, 1.54) is 16.7 Å². The van der Waals surface area contributed by atoms with E-state index in [0.717, 1.165) is 0 Å². The van der Waals surface area contributed by atoms with Crippen LogP contribution in [0.3, 0.4) is 0 Å². The molecule has 0 aliphatic rings. The van der Waals surface area contributed by atoms with Crippen LogP contribution in [0.1, 0.15) is 0 Å². The van der Waals surface area contributed by atoms with Crippen LogP contribution in [0.15, 0.2) is 47.3 Å².